The van der Waals surface area contributed by atoms with E-state index in [4.69, 9.17) is 20.8 Å². The summed E-state index contributed by atoms with van der Waals surface area (Å²) in [6, 6.07) is 13.2. The van der Waals surface area contributed by atoms with Crippen LogP contribution in [0.1, 0.15) is 24.3 Å². The molecule has 168 valence electrons. The number of halogens is 1. The molecular formula is C24H19ClN2O6. The quantitative estimate of drug-likeness (QED) is 0.325. The Morgan fingerprint density at radius 1 is 1.15 bits per heavy atom. The minimum absolute atomic E-state index is 0.165. The van der Waals surface area contributed by atoms with E-state index in [-0.39, 0.29) is 28.6 Å². The van der Waals surface area contributed by atoms with Crippen molar-refractivity contribution in [2.75, 3.05) is 17.3 Å². The highest BCUT2D eigenvalue weighted by molar-refractivity contribution is 6.51. The first-order chi connectivity index (χ1) is 15.8. The van der Waals surface area contributed by atoms with E-state index < -0.39 is 23.5 Å². The topological polar surface area (TPSA) is 109 Å². The van der Waals surface area contributed by atoms with E-state index >= 15 is 0 Å². The molecule has 0 spiro atoms. The van der Waals surface area contributed by atoms with Crippen molar-refractivity contribution < 1.29 is 28.6 Å². The number of ketones is 1. The number of hydrogen-bond donors (Lipinski definition) is 2. The zero-order chi connectivity index (χ0) is 23.7. The highest BCUT2D eigenvalue weighted by Gasteiger charge is 2.48. The zero-order valence-electron chi connectivity index (χ0n) is 17.7. The molecule has 2 heterocycles. The fourth-order valence-corrected chi connectivity index (χ4v) is 3.91. The first kappa shape index (κ1) is 22.2. The molecule has 1 aliphatic heterocycles. The van der Waals surface area contributed by atoms with E-state index in [2.05, 4.69) is 5.32 Å². The number of benzene rings is 2. The van der Waals surface area contributed by atoms with Crippen molar-refractivity contribution in [3.8, 4) is 5.75 Å². The average Bonchev–Trinajstić information content (AvgIpc) is 3.41. The molecule has 4 rings (SSSR count). The molecule has 2 aromatic carbocycles. The number of amides is 2. The molecule has 1 fully saturated rings. The number of methoxy groups -OCH3 is 1. The van der Waals surface area contributed by atoms with Gasteiger partial charge in [-0.1, -0.05) is 11.6 Å². The third-order valence-corrected chi connectivity index (χ3v) is 5.37. The molecule has 0 radical (unpaired) electrons. The number of nitrogens with zero attached hydrogens (tertiary/aromatic N) is 1. The van der Waals surface area contributed by atoms with Gasteiger partial charge in [-0.05, 0) is 54.6 Å². The molecule has 1 atom stereocenters. The number of furan rings is 1. The second-order valence-corrected chi connectivity index (χ2v) is 7.69. The van der Waals surface area contributed by atoms with Crippen molar-refractivity contribution in [3.63, 3.8) is 0 Å². The first-order valence-electron chi connectivity index (χ1n) is 9.87. The van der Waals surface area contributed by atoms with Crippen LogP contribution in [0.3, 0.4) is 0 Å². The van der Waals surface area contributed by atoms with Crippen molar-refractivity contribution in [2.24, 2.45) is 0 Å². The van der Waals surface area contributed by atoms with Gasteiger partial charge in [0.05, 0.1) is 24.5 Å². The summed E-state index contributed by atoms with van der Waals surface area (Å²) >= 11 is 6.10. The number of aliphatic hydroxyl groups is 1. The van der Waals surface area contributed by atoms with Crippen LogP contribution in [0.5, 0.6) is 5.75 Å². The molecule has 0 bridgehead atoms. The smallest absolute Gasteiger partial charge is 0.300 e. The number of nitrogens with one attached hydrogen (secondary N) is 1. The lowest BCUT2D eigenvalue weighted by molar-refractivity contribution is -0.132. The predicted molar refractivity (Wildman–Crippen MR) is 122 cm³/mol. The van der Waals surface area contributed by atoms with Crippen LogP contribution in [0.4, 0.5) is 11.4 Å². The Balaban J connectivity index is 1.88. The Morgan fingerprint density at radius 2 is 1.88 bits per heavy atom. The van der Waals surface area contributed by atoms with Crippen LogP contribution >= 0.6 is 11.6 Å². The number of hydrogen-bond acceptors (Lipinski definition) is 6. The molecule has 1 unspecified atom stereocenters. The van der Waals surface area contributed by atoms with Crippen molar-refractivity contribution in [1.29, 1.82) is 0 Å². The third kappa shape index (κ3) is 4.08. The van der Waals surface area contributed by atoms with Gasteiger partial charge in [0.1, 0.15) is 23.3 Å². The van der Waals surface area contributed by atoms with Gasteiger partial charge in [0.25, 0.3) is 11.7 Å². The van der Waals surface area contributed by atoms with E-state index in [1.54, 1.807) is 48.5 Å². The second kappa shape index (κ2) is 8.84. The van der Waals surface area contributed by atoms with E-state index in [1.165, 1.54) is 31.3 Å². The molecule has 33 heavy (non-hydrogen) atoms. The van der Waals surface area contributed by atoms with Gasteiger partial charge in [-0.3, -0.25) is 19.3 Å². The SMILES string of the molecule is COc1ccc(Cl)cc1/C(O)=C1/C(=O)C(=O)N(c2ccc(NC(C)=O)cc2)C1c1ccco1. The Bertz CT molecular complexity index is 1260. The van der Waals surface area contributed by atoms with Gasteiger partial charge in [0.2, 0.25) is 5.91 Å². The van der Waals surface area contributed by atoms with Crippen LogP contribution in [0, 0.1) is 0 Å². The number of Topliss-reactive ketones (excluding diaryl/α,β-unsaturated/α-hetero) is 1. The van der Waals surface area contributed by atoms with Gasteiger partial charge < -0.3 is 19.6 Å². The molecule has 9 heteroatoms. The minimum Gasteiger partial charge on any atom is -0.507 e. The predicted octanol–water partition coefficient (Wildman–Crippen LogP) is 4.53. The lowest BCUT2D eigenvalue weighted by atomic mass is 9.98. The van der Waals surface area contributed by atoms with E-state index in [0.29, 0.717) is 16.4 Å². The summed E-state index contributed by atoms with van der Waals surface area (Å²) in [5.41, 5.74) is 0.910. The second-order valence-electron chi connectivity index (χ2n) is 7.26. The van der Waals surface area contributed by atoms with Crippen LogP contribution < -0.4 is 15.0 Å². The normalized spacial score (nSPS) is 17.3. The lowest BCUT2D eigenvalue weighted by Gasteiger charge is -2.23. The minimum atomic E-state index is -1.03. The monoisotopic (exact) mass is 466 g/mol. The number of ether oxygens (including phenoxy) is 1. The number of aliphatic hydroxyl groups excluding tert-OH is 1. The molecule has 1 aliphatic rings. The fraction of sp³-hybridized carbons (Fsp3) is 0.125. The molecule has 8 nitrogen and oxygen atoms in total. The van der Waals surface area contributed by atoms with Crippen LogP contribution in [-0.4, -0.2) is 29.8 Å². The van der Waals surface area contributed by atoms with Crippen molar-refractivity contribution in [1.82, 2.24) is 0 Å². The molecule has 2 amide bonds. The van der Waals surface area contributed by atoms with Gasteiger partial charge in [-0.25, -0.2) is 0 Å². The first-order valence-corrected chi connectivity index (χ1v) is 10.3. The number of anilines is 2. The maximum absolute atomic E-state index is 13.1. The summed E-state index contributed by atoms with van der Waals surface area (Å²) in [5.74, 6) is -1.85. The number of carbonyl (C=O) groups excluding carboxylic acids is 3. The fourth-order valence-electron chi connectivity index (χ4n) is 3.73. The summed E-state index contributed by atoms with van der Waals surface area (Å²) in [4.78, 5) is 38.8. The molecule has 3 aromatic rings. The van der Waals surface area contributed by atoms with E-state index in [9.17, 15) is 19.5 Å². The van der Waals surface area contributed by atoms with Crippen molar-refractivity contribution in [2.45, 2.75) is 13.0 Å². The standard InChI is InChI=1S/C24H19ClN2O6/c1-13(28)26-15-6-8-16(9-7-15)27-21(19-4-3-11-33-19)20(23(30)24(27)31)22(29)17-12-14(25)5-10-18(17)32-2/h3-12,21,29H,1-2H3,(H,26,28)/b22-20-. The Morgan fingerprint density at radius 3 is 2.48 bits per heavy atom. The van der Waals surface area contributed by atoms with Crippen LogP contribution in [0.15, 0.2) is 70.9 Å². The molecule has 0 aliphatic carbocycles. The van der Waals surface area contributed by atoms with Gasteiger partial charge in [-0.15, -0.1) is 0 Å². The molecule has 1 saturated heterocycles. The van der Waals surface area contributed by atoms with Gasteiger partial charge in [0.15, 0.2) is 0 Å². The molecule has 1 aromatic heterocycles. The van der Waals surface area contributed by atoms with Crippen LogP contribution in [0.25, 0.3) is 5.76 Å². The molecular weight excluding hydrogens is 448 g/mol. The largest absolute Gasteiger partial charge is 0.507 e. The lowest BCUT2D eigenvalue weighted by Crippen LogP contribution is -2.29. The number of carbonyl (C=O) groups is 3. The van der Waals surface area contributed by atoms with Gasteiger partial charge >= 0.3 is 0 Å². The Kier molecular flexibility index (Phi) is 5.93. The molecule has 0 saturated carbocycles. The molecule has 2 N–H and O–H groups in total. The summed E-state index contributed by atoms with van der Waals surface area (Å²) in [6.45, 7) is 1.38. The average molecular weight is 467 g/mol. The highest BCUT2D eigenvalue weighted by atomic mass is 35.5. The van der Waals surface area contributed by atoms with Gasteiger partial charge in [0, 0.05) is 23.3 Å². The highest BCUT2D eigenvalue weighted by Crippen LogP contribution is 2.43. The maximum Gasteiger partial charge on any atom is 0.300 e. The van der Waals surface area contributed by atoms with Crippen LogP contribution in [0.2, 0.25) is 5.02 Å². The summed E-state index contributed by atoms with van der Waals surface area (Å²) in [5, 5.41) is 14.1. The van der Waals surface area contributed by atoms with Gasteiger partial charge in [-0.2, -0.15) is 0 Å². The number of rotatable bonds is 5. The van der Waals surface area contributed by atoms with E-state index in [1.807, 2.05) is 0 Å². The summed E-state index contributed by atoms with van der Waals surface area (Å²) in [6.07, 6.45) is 1.41. The third-order valence-electron chi connectivity index (χ3n) is 5.14. The zero-order valence-corrected chi connectivity index (χ0v) is 18.4. The Hall–Kier alpha value is -4.04. The van der Waals surface area contributed by atoms with Crippen LogP contribution in [-0.2, 0) is 14.4 Å². The Labute approximate surface area is 194 Å². The summed E-state index contributed by atoms with van der Waals surface area (Å²) < 4.78 is 10.8. The van der Waals surface area contributed by atoms with Crippen molar-refractivity contribution >= 4 is 46.3 Å². The van der Waals surface area contributed by atoms with E-state index in [0.717, 1.165) is 0 Å². The maximum atomic E-state index is 13.1. The van der Waals surface area contributed by atoms with Crippen molar-refractivity contribution in [3.05, 3.63) is 82.8 Å². The summed E-state index contributed by atoms with van der Waals surface area (Å²) in [7, 11) is 1.42.